The van der Waals surface area contributed by atoms with E-state index in [1.807, 2.05) is 0 Å². The lowest BCUT2D eigenvalue weighted by molar-refractivity contribution is -0.139. The summed E-state index contributed by atoms with van der Waals surface area (Å²) < 4.78 is 0. The van der Waals surface area contributed by atoms with Crippen molar-refractivity contribution in [3.63, 3.8) is 0 Å². The summed E-state index contributed by atoms with van der Waals surface area (Å²) in [7, 11) is 1.46. The molecule has 0 aliphatic carbocycles. The minimum atomic E-state index is -1.20. The van der Waals surface area contributed by atoms with Crippen molar-refractivity contribution in [1.82, 2.24) is 5.32 Å². The van der Waals surface area contributed by atoms with Crippen LogP contribution in [-0.4, -0.2) is 35.3 Å². The van der Waals surface area contributed by atoms with Gasteiger partial charge in [-0.2, -0.15) is 0 Å². The number of aliphatic carboxylic acids is 1. The summed E-state index contributed by atoms with van der Waals surface area (Å²) >= 11 is 0. The normalized spacial score (nSPS) is 11.2. The van der Waals surface area contributed by atoms with Crippen LogP contribution in [0.2, 0.25) is 0 Å². The molecule has 3 N–H and O–H groups in total. The maximum atomic E-state index is 11.8. The van der Waals surface area contributed by atoms with Crippen LogP contribution in [0.4, 0.5) is 10.5 Å². The molecular weight excluding hydrogens is 248 g/mol. The SMILES string of the molecule is C#CCC(NC(=O)N(C)c1cccc(O)c1)C(=O)O. The Kier molecular flexibility index (Phi) is 4.77. The summed E-state index contributed by atoms with van der Waals surface area (Å²) in [6, 6.07) is 4.27. The monoisotopic (exact) mass is 262 g/mol. The van der Waals surface area contributed by atoms with E-state index >= 15 is 0 Å². The van der Waals surface area contributed by atoms with Gasteiger partial charge >= 0.3 is 12.0 Å². The third kappa shape index (κ3) is 3.92. The highest BCUT2D eigenvalue weighted by molar-refractivity contribution is 5.94. The summed E-state index contributed by atoms with van der Waals surface area (Å²) in [5.74, 6) is 0.999. The fourth-order valence-electron chi connectivity index (χ4n) is 1.38. The second kappa shape index (κ2) is 6.31. The van der Waals surface area contributed by atoms with Gasteiger partial charge in [-0.15, -0.1) is 12.3 Å². The molecular formula is C13H14N2O4. The van der Waals surface area contributed by atoms with Crippen molar-refractivity contribution in [2.45, 2.75) is 12.5 Å². The molecule has 0 saturated carbocycles. The molecule has 0 heterocycles. The average Bonchev–Trinajstić information content (AvgIpc) is 2.37. The second-order valence-electron chi connectivity index (χ2n) is 3.83. The van der Waals surface area contributed by atoms with Gasteiger partial charge in [-0.25, -0.2) is 9.59 Å². The van der Waals surface area contributed by atoms with Crippen molar-refractivity contribution >= 4 is 17.7 Å². The number of aromatic hydroxyl groups is 1. The number of hydrogen-bond acceptors (Lipinski definition) is 3. The molecule has 0 spiro atoms. The van der Waals surface area contributed by atoms with Crippen LogP contribution < -0.4 is 10.2 Å². The van der Waals surface area contributed by atoms with Crippen LogP contribution >= 0.6 is 0 Å². The first kappa shape index (κ1) is 14.4. The van der Waals surface area contributed by atoms with E-state index in [0.29, 0.717) is 5.69 Å². The predicted octanol–water partition coefficient (Wildman–Crippen LogP) is 1.01. The molecule has 6 nitrogen and oxygen atoms in total. The summed E-state index contributed by atoms with van der Waals surface area (Å²) in [5.41, 5.74) is 0.433. The summed E-state index contributed by atoms with van der Waals surface area (Å²) in [6.45, 7) is 0. The molecule has 1 unspecified atom stereocenters. The summed E-state index contributed by atoms with van der Waals surface area (Å²) in [5, 5.41) is 20.5. The van der Waals surface area contributed by atoms with Gasteiger partial charge < -0.3 is 15.5 Å². The van der Waals surface area contributed by atoms with E-state index in [2.05, 4.69) is 11.2 Å². The van der Waals surface area contributed by atoms with E-state index in [0.717, 1.165) is 0 Å². The third-order valence-corrected chi connectivity index (χ3v) is 2.44. The third-order valence-electron chi connectivity index (χ3n) is 2.44. The highest BCUT2D eigenvalue weighted by Gasteiger charge is 2.21. The number of benzene rings is 1. The van der Waals surface area contributed by atoms with Crippen LogP contribution in [0.5, 0.6) is 5.75 Å². The van der Waals surface area contributed by atoms with E-state index in [1.54, 1.807) is 12.1 Å². The Bertz CT molecular complexity index is 522. The molecule has 1 aromatic carbocycles. The van der Waals surface area contributed by atoms with Crippen molar-refractivity contribution in [2.24, 2.45) is 0 Å². The Morgan fingerprint density at radius 1 is 1.53 bits per heavy atom. The maximum Gasteiger partial charge on any atom is 0.327 e. The molecule has 6 heteroatoms. The molecule has 0 bridgehead atoms. The number of nitrogens with one attached hydrogen (secondary N) is 1. The number of hydrogen-bond donors (Lipinski definition) is 3. The van der Waals surface area contributed by atoms with Gasteiger partial charge in [0.2, 0.25) is 0 Å². The summed E-state index contributed by atoms with van der Waals surface area (Å²) in [6.07, 6.45) is 4.94. The number of anilines is 1. The molecule has 0 aliphatic rings. The van der Waals surface area contributed by atoms with Crippen molar-refractivity contribution in [2.75, 3.05) is 11.9 Å². The van der Waals surface area contributed by atoms with Gasteiger partial charge in [-0.1, -0.05) is 6.07 Å². The zero-order valence-electron chi connectivity index (χ0n) is 10.3. The quantitative estimate of drug-likeness (QED) is 0.706. The highest BCUT2D eigenvalue weighted by Crippen LogP contribution is 2.18. The molecule has 19 heavy (non-hydrogen) atoms. The van der Waals surface area contributed by atoms with Crippen molar-refractivity contribution in [1.29, 1.82) is 0 Å². The molecule has 1 rings (SSSR count). The van der Waals surface area contributed by atoms with E-state index in [9.17, 15) is 14.7 Å². The number of carbonyl (C=O) groups is 2. The number of terminal acetylenes is 1. The first-order valence-electron chi connectivity index (χ1n) is 5.45. The lowest BCUT2D eigenvalue weighted by atomic mass is 10.2. The number of carbonyl (C=O) groups excluding carboxylic acids is 1. The Morgan fingerprint density at radius 2 is 2.21 bits per heavy atom. The van der Waals surface area contributed by atoms with Crippen LogP contribution in [0.3, 0.4) is 0 Å². The molecule has 0 aliphatic heterocycles. The van der Waals surface area contributed by atoms with Gasteiger partial charge in [0.05, 0.1) is 0 Å². The number of rotatable bonds is 4. The van der Waals surface area contributed by atoms with Crippen LogP contribution in [0.15, 0.2) is 24.3 Å². The number of phenolic OH excluding ortho intramolecular Hbond substituents is 1. The zero-order valence-corrected chi connectivity index (χ0v) is 10.3. The largest absolute Gasteiger partial charge is 0.508 e. The lowest BCUT2D eigenvalue weighted by Gasteiger charge is -2.20. The lowest BCUT2D eigenvalue weighted by Crippen LogP contribution is -2.46. The topological polar surface area (TPSA) is 89.9 Å². The van der Waals surface area contributed by atoms with Gasteiger partial charge in [-0.3, -0.25) is 4.90 Å². The van der Waals surface area contributed by atoms with Crippen LogP contribution in [0.1, 0.15) is 6.42 Å². The van der Waals surface area contributed by atoms with E-state index in [4.69, 9.17) is 11.5 Å². The average molecular weight is 262 g/mol. The number of phenols is 1. The number of amides is 2. The molecule has 1 atom stereocenters. The molecule has 2 amide bonds. The Morgan fingerprint density at radius 3 is 2.74 bits per heavy atom. The Labute approximate surface area is 110 Å². The number of nitrogens with zero attached hydrogens (tertiary/aromatic N) is 1. The first-order valence-corrected chi connectivity index (χ1v) is 5.45. The van der Waals surface area contributed by atoms with E-state index in [1.165, 1.54) is 24.1 Å². The molecule has 0 saturated heterocycles. The van der Waals surface area contributed by atoms with Crippen molar-refractivity contribution in [3.05, 3.63) is 24.3 Å². The van der Waals surface area contributed by atoms with Gasteiger partial charge in [0, 0.05) is 25.2 Å². The molecule has 0 fully saturated rings. The summed E-state index contributed by atoms with van der Waals surface area (Å²) in [4.78, 5) is 23.9. The van der Waals surface area contributed by atoms with E-state index in [-0.39, 0.29) is 12.2 Å². The second-order valence-corrected chi connectivity index (χ2v) is 3.83. The van der Waals surface area contributed by atoms with Crippen LogP contribution in [-0.2, 0) is 4.79 Å². The minimum Gasteiger partial charge on any atom is -0.508 e. The standard InChI is InChI=1S/C13H14N2O4/c1-3-5-11(12(17)18)14-13(19)15(2)9-6-4-7-10(16)8-9/h1,4,6-8,11,16H,5H2,2H3,(H,14,19)(H,17,18). The number of carboxylic acids is 1. The Hall–Kier alpha value is -2.68. The van der Waals surface area contributed by atoms with Gasteiger partial charge in [-0.05, 0) is 12.1 Å². The smallest absolute Gasteiger partial charge is 0.327 e. The molecule has 100 valence electrons. The fourth-order valence-corrected chi connectivity index (χ4v) is 1.38. The van der Waals surface area contributed by atoms with Crippen molar-refractivity contribution < 1.29 is 19.8 Å². The van der Waals surface area contributed by atoms with Crippen molar-refractivity contribution in [3.8, 4) is 18.1 Å². The molecule has 0 radical (unpaired) electrons. The van der Waals surface area contributed by atoms with Crippen LogP contribution in [0.25, 0.3) is 0 Å². The first-order chi connectivity index (χ1) is 8.95. The molecule has 1 aromatic rings. The Balaban J connectivity index is 2.77. The van der Waals surface area contributed by atoms with E-state index < -0.39 is 18.0 Å². The number of carboxylic acid groups (broad SMARTS) is 1. The van der Waals surface area contributed by atoms with Gasteiger partial charge in [0.25, 0.3) is 0 Å². The zero-order chi connectivity index (χ0) is 14.4. The number of urea groups is 1. The minimum absolute atomic E-state index is 0.00978. The predicted molar refractivity (Wildman–Crippen MR) is 69.9 cm³/mol. The van der Waals surface area contributed by atoms with Gasteiger partial charge in [0.15, 0.2) is 0 Å². The van der Waals surface area contributed by atoms with Gasteiger partial charge in [0.1, 0.15) is 11.8 Å². The molecule has 0 aromatic heterocycles. The van der Waals surface area contributed by atoms with Crippen LogP contribution in [0, 0.1) is 12.3 Å². The fraction of sp³-hybridized carbons (Fsp3) is 0.231. The maximum absolute atomic E-state index is 11.8. The highest BCUT2D eigenvalue weighted by atomic mass is 16.4.